The summed E-state index contributed by atoms with van der Waals surface area (Å²) >= 11 is 0. The third-order valence-corrected chi connectivity index (χ3v) is 4.59. The minimum atomic E-state index is -0.794. The first-order chi connectivity index (χ1) is 15.5. The molecule has 2 aromatic carbocycles. The Labute approximate surface area is 181 Å². The van der Waals surface area contributed by atoms with Gasteiger partial charge in [-0.3, -0.25) is 19.7 Å². The highest BCUT2D eigenvalue weighted by atomic mass is 16.5. The quantitative estimate of drug-likeness (QED) is 0.448. The maximum absolute atomic E-state index is 12.6. The molecule has 160 valence electrons. The number of carbonyl (C=O) groups excluding carboxylic acids is 3. The number of imide groups is 1. The van der Waals surface area contributed by atoms with E-state index < -0.39 is 24.4 Å². The van der Waals surface area contributed by atoms with Crippen molar-refractivity contribution < 1.29 is 23.5 Å². The lowest BCUT2D eigenvalue weighted by atomic mass is 10.0. The number of aromatic amines is 1. The Morgan fingerprint density at radius 3 is 2.59 bits per heavy atom. The van der Waals surface area contributed by atoms with Crippen molar-refractivity contribution in [2.45, 2.75) is 6.42 Å². The molecule has 2 N–H and O–H groups in total. The number of carbonyl (C=O) groups is 3. The number of hydrogen-bond donors (Lipinski definition) is 2. The zero-order valence-corrected chi connectivity index (χ0v) is 16.7. The molecule has 0 aliphatic rings. The third kappa shape index (κ3) is 4.62. The Bertz CT molecular complexity index is 1360. The van der Waals surface area contributed by atoms with Gasteiger partial charge in [0.1, 0.15) is 5.82 Å². The van der Waals surface area contributed by atoms with Gasteiger partial charge in [-0.05, 0) is 35.9 Å². The van der Waals surface area contributed by atoms with Gasteiger partial charge in [-0.1, -0.05) is 30.3 Å². The first-order valence-electron chi connectivity index (χ1n) is 9.62. The van der Waals surface area contributed by atoms with E-state index in [2.05, 4.69) is 15.3 Å². The Morgan fingerprint density at radius 1 is 1.00 bits per heavy atom. The molecule has 0 saturated carbocycles. The van der Waals surface area contributed by atoms with Gasteiger partial charge in [0.15, 0.2) is 12.4 Å². The molecule has 0 spiro atoms. The number of para-hydroxylation sites is 1. The molecule has 4 aromatic rings. The van der Waals surface area contributed by atoms with Crippen molar-refractivity contribution >= 4 is 28.7 Å². The number of hydrogen-bond acceptors (Lipinski definition) is 7. The largest absolute Gasteiger partial charge is 0.459 e. The van der Waals surface area contributed by atoms with Crippen molar-refractivity contribution in [2.24, 2.45) is 0 Å². The van der Waals surface area contributed by atoms with E-state index in [1.54, 1.807) is 48.5 Å². The predicted octanol–water partition coefficient (Wildman–Crippen LogP) is 2.22. The zero-order chi connectivity index (χ0) is 22.5. The highest BCUT2D eigenvalue weighted by Gasteiger charge is 2.18. The molecule has 0 radical (unpaired) electrons. The molecule has 9 nitrogen and oxygen atoms in total. The van der Waals surface area contributed by atoms with Crippen LogP contribution in [-0.2, 0) is 16.0 Å². The van der Waals surface area contributed by atoms with Gasteiger partial charge in [0, 0.05) is 6.42 Å². The summed E-state index contributed by atoms with van der Waals surface area (Å²) in [4.78, 5) is 55.7. The summed E-state index contributed by atoms with van der Waals surface area (Å²) in [6.45, 7) is -0.648. The normalized spacial score (nSPS) is 10.6. The van der Waals surface area contributed by atoms with Crippen LogP contribution in [0, 0.1) is 0 Å². The van der Waals surface area contributed by atoms with E-state index in [0.717, 1.165) is 0 Å². The minimum absolute atomic E-state index is 0.0353. The van der Waals surface area contributed by atoms with Crippen LogP contribution >= 0.6 is 0 Å². The van der Waals surface area contributed by atoms with Gasteiger partial charge < -0.3 is 14.1 Å². The number of nitrogens with one attached hydrogen (secondary N) is 2. The molecule has 0 saturated heterocycles. The molecule has 2 aromatic heterocycles. The molecule has 0 bridgehead atoms. The number of amides is 2. The third-order valence-electron chi connectivity index (χ3n) is 4.59. The number of H-pyrrole nitrogens is 1. The molecule has 0 aliphatic heterocycles. The molecular formula is C23H17N3O6. The molecule has 2 heterocycles. The first-order valence-corrected chi connectivity index (χ1v) is 9.62. The average Bonchev–Trinajstić information content (AvgIpc) is 3.33. The lowest BCUT2D eigenvalue weighted by Crippen LogP contribution is -2.34. The van der Waals surface area contributed by atoms with E-state index in [9.17, 15) is 19.2 Å². The van der Waals surface area contributed by atoms with Crippen molar-refractivity contribution in [1.82, 2.24) is 15.3 Å². The second-order valence-electron chi connectivity index (χ2n) is 6.79. The Kier molecular flexibility index (Phi) is 5.89. The van der Waals surface area contributed by atoms with Crippen LogP contribution in [0.25, 0.3) is 10.9 Å². The first kappa shape index (κ1) is 20.7. The molecule has 0 atom stereocenters. The summed E-state index contributed by atoms with van der Waals surface area (Å²) in [5.41, 5.74) is 1.05. The van der Waals surface area contributed by atoms with E-state index in [1.165, 1.54) is 18.4 Å². The van der Waals surface area contributed by atoms with E-state index >= 15 is 0 Å². The highest BCUT2D eigenvalue weighted by Crippen LogP contribution is 2.15. The summed E-state index contributed by atoms with van der Waals surface area (Å²) in [5, 5.41) is 2.54. The molecule has 0 unspecified atom stereocenters. The zero-order valence-electron chi connectivity index (χ0n) is 16.7. The van der Waals surface area contributed by atoms with Crippen molar-refractivity contribution in [1.29, 1.82) is 0 Å². The molecular weight excluding hydrogens is 414 g/mol. The maximum atomic E-state index is 12.6. The summed E-state index contributed by atoms with van der Waals surface area (Å²) in [6, 6.07) is 16.5. The van der Waals surface area contributed by atoms with Crippen molar-refractivity contribution in [2.75, 3.05) is 6.61 Å². The van der Waals surface area contributed by atoms with Gasteiger partial charge in [0.25, 0.3) is 17.4 Å². The monoisotopic (exact) mass is 431 g/mol. The van der Waals surface area contributed by atoms with E-state index in [1.807, 2.05) is 0 Å². The van der Waals surface area contributed by atoms with Gasteiger partial charge in [-0.25, -0.2) is 9.78 Å². The fourth-order valence-corrected chi connectivity index (χ4v) is 3.11. The average molecular weight is 431 g/mol. The van der Waals surface area contributed by atoms with Gasteiger partial charge in [-0.15, -0.1) is 0 Å². The fourth-order valence-electron chi connectivity index (χ4n) is 3.11. The smallest absolute Gasteiger partial charge is 0.338 e. The number of esters is 1. The van der Waals surface area contributed by atoms with Gasteiger partial charge in [0.05, 0.1) is 22.7 Å². The number of aromatic nitrogens is 2. The molecule has 0 aliphatic carbocycles. The summed E-state index contributed by atoms with van der Waals surface area (Å²) in [7, 11) is 0. The van der Waals surface area contributed by atoms with Crippen LogP contribution in [0.1, 0.15) is 32.3 Å². The lowest BCUT2D eigenvalue weighted by molar-refractivity contribution is -0.123. The number of benzene rings is 2. The topological polar surface area (TPSA) is 131 Å². The number of nitrogens with zero attached hydrogens (tertiary/aromatic N) is 1. The van der Waals surface area contributed by atoms with Crippen molar-refractivity contribution in [3.8, 4) is 0 Å². The number of fused-ring (bicyclic) bond motifs is 1. The predicted molar refractivity (Wildman–Crippen MR) is 113 cm³/mol. The Hall–Kier alpha value is -4.53. The van der Waals surface area contributed by atoms with Gasteiger partial charge in [-0.2, -0.15) is 0 Å². The van der Waals surface area contributed by atoms with Crippen LogP contribution < -0.4 is 10.9 Å². The number of ether oxygens (including phenoxy) is 1. The molecule has 0 fully saturated rings. The highest BCUT2D eigenvalue weighted by molar-refractivity contribution is 6.04. The molecule has 9 heteroatoms. The van der Waals surface area contributed by atoms with Crippen molar-refractivity contribution in [3.05, 3.63) is 100.0 Å². The summed E-state index contributed by atoms with van der Waals surface area (Å²) < 4.78 is 9.95. The molecule has 4 rings (SSSR count). The second-order valence-corrected chi connectivity index (χ2v) is 6.79. The van der Waals surface area contributed by atoms with E-state index in [4.69, 9.17) is 9.15 Å². The lowest BCUT2D eigenvalue weighted by Gasteiger charge is -2.10. The maximum Gasteiger partial charge on any atom is 0.338 e. The SMILES string of the molecule is O=C(COC(=O)c1ccccc1Cc1nc2ccccc2c(=O)[nH]1)NC(=O)c1ccco1. The van der Waals surface area contributed by atoms with E-state index in [-0.39, 0.29) is 23.3 Å². The number of furan rings is 1. The summed E-state index contributed by atoms with van der Waals surface area (Å²) in [5.74, 6) is -1.92. The Balaban J connectivity index is 1.45. The van der Waals surface area contributed by atoms with Crippen LogP contribution in [-0.4, -0.2) is 34.4 Å². The molecule has 2 amide bonds. The van der Waals surface area contributed by atoms with E-state index in [0.29, 0.717) is 22.3 Å². The van der Waals surface area contributed by atoms with Crippen LogP contribution in [0.4, 0.5) is 0 Å². The van der Waals surface area contributed by atoms with Gasteiger partial charge >= 0.3 is 5.97 Å². The fraction of sp³-hybridized carbons (Fsp3) is 0.0870. The van der Waals surface area contributed by atoms with Crippen LogP contribution in [0.3, 0.4) is 0 Å². The van der Waals surface area contributed by atoms with Crippen LogP contribution in [0.15, 0.2) is 76.1 Å². The minimum Gasteiger partial charge on any atom is -0.459 e. The van der Waals surface area contributed by atoms with Crippen LogP contribution in [0.5, 0.6) is 0 Å². The van der Waals surface area contributed by atoms with Crippen LogP contribution in [0.2, 0.25) is 0 Å². The second kappa shape index (κ2) is 9.09. The standard InChI is InChI=1S/C23H17N3O6/c27-20(26-22(29)18-10-5-11-31-18)13-32-23(30)15-7-2-1-6-14(15)12-19-24-17-9-4-3-8-16(17)21(28)25-19/h1-11H,12-13H2,(H,24,25,28)(H,26,27,29). The summed E-state index contributed by atoms with van der Waals surface area (Å²) in [6.07, 6.45) is 1.47. The molecule has 32 heavy (non-hydrogen) atoms. The van der Waals surface area contributed by atoms with Gasteiger partial charge in [0.2, 0.25) is 0 Å². The Morgan fingerprint density at radius 2 is 1.78 bits per heavy atom. The van der Waals surface area contributed by atoms with Crippen molar-refractivity contribution in [3.63, 3.8) is 0 Å². The number of rotatable bonds is 6.